The van der Waals surface area contributed by atoms with E-state index < -0.39 is 18.2 Å². The van der Waals surface area contributed by atoms with Crippen LogP contribution in [0.15, 0.2) is 11.6 Å². The lowest BCUT2D eigenvalue weighted by Gasteiger charge is -2.58. The molecule has 5 heteroatoms. The lowest BCUT2D eigenvalue weighted by atomic mass is 9.47. The number of esters is 1. The van der Waals surface area contributed by atoms with Crippen LogP contribution in [0.2, 0.25) is 0 Å². The molecule has 0 amide bonds. The predicted octanol–water partition coefficient (Wildman–Crippen LogP) is 8.50. The molecular weight excluding hydrogens is 437 g/mol. The highest BCUT2D eigenvalue weighted by atomic mass is 19.4. The number of carbonyl (C=O) groups excluding carboxylic acids is 1. The van der Waals surface area contributed by atoms with Gasteiger partial charge in [-0.15, -0.1) is 0 Å². The quantitative estimate of drug-likeness (QED) is 0.280. The summed E-state index contributed by atoms with van der Waals surface area (Å²) in [6.07, 6.45) is 8.89. The molecule has 0 aliphatic heterocycles. The first-order chi connectivity index (χ1) is 15.9. The number of hydrogen-bond donors (Lipinski definition) is 0. The first kappa shape index (κ1) is 26.1. The summed E-state index contributed by atoms with van der Waals surface area (Å²) in [7, 11) is 0. The summed E-state index contributed by atoms with van der Waals surface area (Å²) in [5.74, 6) is 2.42. The zero-order valence-corrected chi connectivity index (χ0v) is 21.8. The van der Waals surface area contributed by atoms with Crippen molar-refractivity contribution >= 4 is 5.97 Å². The van der Waals surface area contributed by atoms with Gasteiger partial charge in [-0.2, -0.15) is 13.2 Å². The second-order valence-corrected chi connectivity index (χ2v) is 13.1. The maximum atomic E-state index is 12.7. The summed E-state index contributed by atoms with van der Waals surface area (Å²) in [6.45, 7) is 12.1. The number of hydrogen-bond acceptors (Lipinski definition) is 2. The molecule has 0 N–H and O–H groups in total. The largest absolute Gasteiger partial charge is 0.490 e. The Morgan fingerprint density at radius 1 is 1.06 bits per heavy atom. The van der Waals surface area contributed by atoms with Crippen molar-refractivity contribution in [2.24, 2.45) is 46.3 Å². The Kier molecular flexibility index (Phi) is 7.26. The van der Waals surface area contributed by atoms with E-state index in [1.165, 1.54) is 50.5 Å². The first-order valence-electron chi connectivity index (χ1n) is 13.8. The van der Waals surface area contributed by atoms with E-state index in [0.29, 0.717) is 30.1 Å². The minimum Gasteiger partial charge on any atom is -0.455 e. The van der Waals surface area contributed by atoms with Crippen LogP contribution in [-0.2, 0) is 9.53 Å². The van der Waals surface area contributed by atoms with Gasteiger partial charge in [0.15, 0.2) is 0 Å². The van der Waals surface area contributed by atoms with Gasteiger partial charge >= 0.3 is 12.1 Å². The Balaban J connectivity index is 1.44. The van der Waals surface area contributed by atoms with Crippen molar-refractivity contribution in [3.63, 3.8) is 0 Å². The zero-order chi connectivity index (χ0) is 24.9. The summed E-state index contributed by atoms with van der Waals surface area (Å²) < 4.78 is 42.9. The van der Waals surface area contributed by atoms with Crippen molar-refractivity contribution in [1.82, 2.24) is 0 Å². The van der Waals surface area contributed by atoms with E-state index in [1.54, 1.807) is 0 Å². The second kappa shape index (κ2) is 9.47. The molecule has 4 aliphatic carbocycles. The van der Waals surface area contributed by atoms with Gasteiger partial charge in [0.1, 0.15) is 6.10 Å². The Labute approximate surface area is 204 Å². The summed E-state index contributed by atoms with van der Waals surface area (Å²) in [5.41, 5.74) is 1.73. The van der Waals surface area contributed by atoms with Gasteiger partial charge in [0.05, 0.1) is 0 Å². The lowest BCUT2D eigenvalue weighted by Crippen LogP contribution is -2.51. The molecule has 0 saturated heterocycles. The van der Waals surface area contributed by atoms with Crippen LogP contribution in [0.5, 0.6) is 0 Å². The maximum Gasteiger partial charge on any atom is 0.490 e. The molecule has 4 rings (SSSR count). The van der Waals surface area contributed by atoms with Crippen LogP contribution in [0.1, 0.15) is 105 Å². The first-order valence-corrected chi connectivity index (χ1v) is 13.8. The van der Waals surface area contributed by atoms with Crippen LogP contribution < -0.4 is 0 Å². The number of halogens is 3. The number of carbonyl (C=O) groups is 1. The van der Waals surface area contributed by atoms with Crippen LogP contribution in [0.25, 0.3) is 0 Å². The van der Waals surface area contributed by atoms with E-state index in [0.717, 1.165) is 36.5 Å². The highest BCUT2D eigenvalue weighted by Gasteiger charge is 2.59. The molecule has 0 heterocycles. The molecule has 194 valence electrons. The molecule has 0 radical (unpaired) electrons. The average Bonchev–Trinajstić information content (AvgIpc) is 3.10. The molecule has 8 atom stereocenters. The average molecular weight is 483 g/mol. The highest BCUT2D eigenvalue weighted by molar-refractivity contribution is 5.75. The van der Waals surface area contributed by atoms with Gasteiger partial charge in [-0.05, 0) is 91.3 Å². The summed E-state index contributed by atoms with van der Waals surface area (Å²) >= 11 is 0. The minimum atomic E-state index is -4.91. The van der Waals surface area contributed by atoms with Gasteiger partial charge in [-0.3, -0.25) is 0 Å². The normalized spacial score (nSPS) is 40.7. The molecule has 0 aromatic carbocycles. The van der Waals surface area contributed by atoms with Crippen molar-refractivity contribution < 1.29 is 22.7 Å². The van der Waals surface area contributed by atoms with Gasteiger partial charge in [0.2, 0.25) is 0 Å². The van der Waals surface area contributed by atoms with Gasteiger partial charge in [-0.25, -0.2) is 4.79 Å². The van der Waals surface area contributed by atoms with Gasteiger partial charge in [0, 0.05) is 6.42 Å². The summed E-state index contributed by atoms with van der Waals surface area (Å²) in [5, 5.41) is 0. The van der Waals surface area contributed by atoms with Crippen molar-refractivity contribution in [2.75, 3.05) is 0 Å². The fourth-order valence-corrected chi connectivity index (χ4v) is 8.97. The van der Waals surface area contributed by atoms with Crippen molar-refractivity contribution in [2.45, 2.75) is 118 Å². The maximum absolute atomic E-state index is 12.7. The van der Waals surface area contributed by atoms with E-state index in [4.69, 9.17) is 4.74 Å². The molecule has 3 fully saturated rings. The van der Waals surface area contributed by atoms with Crippen molar-refractivity contribution in [3.8, 4) is 0 Å². The van der Waals surface area contributed by atoms with E-state index in [1.807, 2.05) is 0 Å². The topological polar surface area (TPSA) is 26.3 Å². The number of fused-ring (bicyclic) bond motifs is 5. The zero-order valence-electron chi connectivity index (χ0n) is 21.8. The number of alkyl halides is 3. The van der Waals surface area contributed by atoms with E-state index in [9.17, 15) is 18.0 Å². The molecule has 0 aromatic rings. The molecular formula is C29H45F3O2. The molecule has 2 nitrogen and oxygen atoms in total. The van der Waals surface area contributed by atoms with E-state index in [2.05, 4.69) is 40.7 Å². The van der Waals surface area contributed by atoms with Crippen LogP contribution in [0.3, 0.4) is 0 Å². The Hall–Kier alpha value is -1.00. The molecule has 4 aliphatic rings. The Morgan fingerprint density at radius 2 is 1.79 bits per heavy atom. The molecule has 0 unspecified atom stereocenters. The third-order valence-electron chi connectivity index (χ3n) is 10.8. The van der Waals surface area contributed by atoms with Crippen molar-refractivity contribution in [3.05, 3.63) is 11.6 Å². The molecule has 3 saturated carbocycles. The Morgan fingerprint density at radius 3 is 2.47 bits per heavy atom. The highest BCUT2D eigenvalue weighted by Crippen LogP contribution is 2.67. The SMILES string of the molecule is CC(C)CCC[C@@H](C)[C@@H]1CC[C@@H]2[C@H]3CC=C4C[C@@H](OC(=O)C(F)(F)F)CC[C@]4(C)[C@@H]3CC[C@@]21C. The van der Waals surface area contributed by atoms with E-state index in [-0.39, 0.29) is 5.41 Å². The van der Waals surface area contributed by atoms with Crippen LogP contribution in [0, 0.1) is 46.3 Å². The van der Waals surface area contributed by atoms with Gasteiger partial charge < -0.3 is 4.74 Å². The third kappa shape index (κ3) is 4.71. The van der Waals surface area contributed by atoms with Crippen LogP contribution in [-0.4, -0.2) is 18.2 Å². The lowest BCUT2D eigenvalue weighted by molar-refractivity contribution is -0.206. The smallest absolute Gasteiger partial charge is 0.455 e. The fraction of sp³-hybridized carbons (Fsp3) is 0.897. The van der Waals surface area contributed by atoms with Crippen molar-refractivity contribution in [1.29, 1.82) is 0 Å². The second-order valence-electron chi connectivity index (χ2n) is 13.1. The monoisotopic (exact) mass is 482 g/mol. The number of rotatable bonds is 6. The summed E-state index contributed by atoms with van der Waals surface area (Å²) in [6, 6.07) is 0. The third-order valence-corrected chi connectivity index (χ3v) is 10.8. The predicted molar refractivity (Wildman–Crippen MR) is 129 cm³/mol. The minimum absolute atomic E-state index is 0.0480. The Bertz CT molecular complexity index is 787. The van der Waals surface area contributed by atoms with Crippen LogP contribution in [0.4, 0.5) is 13.2 Å². The molecule has 0 aromatic heterocycles. The standard InChI is InChI=1S/C29H45F3O2/c1-18(2)7-6-8-19(3)23-11-12-24-22-10-9-20-17-21(34-26(33)29(30,31)32)13-15-27(20,4)25(22)14-16-28(23,24)5/h9,18-19,21-25H,6-8,10-17H2,1-5H3/t19-,21+,22-,23+,24-,25-,27+,28-/m1/s1. The van der Waals surface area contributed by atoms with E-state index >= 15 is 0 Å². The summed E-state index contributed by atoms with van der Waals surface area (Å²) in [4.78, 5) is 11.4. The molecule has 34 heavy (non-hydrogen) atoms. The van der Waals surface area contributed by atoms with Gasteiger partial charge in [0.25, 0.3) is 0 Å². The van der Waals surface area contributed by atoms with Crippen LogP contribution >= 0.6 is 0 Å². The fourth-order valence-electron chi connectivity index (χ4n) is 8.97. The van der Waals surface area contributed by atoms with Gasteiger partial charge in [-0.1, -0.05) is 65.5 Å². The molecule has 0 bridgehead atoms. The number of allylic oxidation sites excluding steroid dienone is 1. The number of ether oxygens (including phenoxy) is 1. The molecule has 0 spiro atoms.